The van der Waals surface area contributed by atoms with E-state index in [9.17, 15) is 9.90 Å². The number of benzene rings is 1. The van der Waals surface area contributed by atoms with E-state index in [1.165, 1.54) is 18.2 Å². The highest BCUT2D eigenvalue weighted by Gasteiger charge is 2.01. The Bertz CT molecular complexity index is 475. The summed E-state index contributed by atoms with van der Waals surface area (Å²) in [4.78, 5) is 10.4. The molecule has 0 aliphatic rings. The number of nitrogens with zero attached hydrogens (tertiary/aromatic N) is 1. The predicted molar refractivity (Wildman–Crippen MR) is 55.1 cm³/mol. The number of carboxylic acid groups (broad SMARTS) is 1. The van der Waals surface area contributed by atoms with Gasteiger partial charge in [-0.05, 0) is 23.8 Å². The normalized spacial score (nSPS) is 10.9. The van der Waals surface area contributed by atoms with Crippen molar-refractivity contribution in [3.8, 4) is 6.07 Å². The number of rotatable bonds is 2. The number of carbonyl (C=O) groups is 1. The highest BCUT2D eigenvalue weighted by molar-refractivity contribution is 6.35. The maximum atomic E-state index is 10.4. The Hall–Kier alpha value is -1.50. The zero-order valence-corrected chi connectivity index (χ0v) is 8.84. The number of carboxylic acids is 1. The van der Waals surface area contributed by atoms with E-state index in [0.717, 1.165) is 6.08 Å². The first-order valence-corrected chi connectivity index (χ1v) is 4.58. The van der Waals surface area contributed by atoms with Crippen molar-refractivity contribution in [1.29, 1.82) is 5.26 Å². The maximum Gasteiger partial charge on any atom is 0.101 e. The van der Waals surface area contributed by atoms with Gasteiger partial charge in [-0.25, -0.2) is 0 Å². The summed E-state index contributed by atoms with van der Waals surface area (Å²) in [7, 11) is 0. The van der Waals surface area contributed by atoms with Crippen LogP contribution < -0.4 is 5.11 Å². The third kappa shape index (κ3) is 2.98. The largest absolute Gasteiger partial charge is 0.544 e. The van der Waals surface area contributed by atoms with Crippen LogP contribution in [-0.4, -0.2) is 5.97 Å². The summed E-state index contributed by atoms with van der Waals surface area (Å²) in [5, 5.41) is 19.6. The number of hydrogen-bond acceptors (Lipinski definition) is 3. The molecule has 0 aromatic heterocycles. The van der Waals surface area contributed by atoms with E-state index in [-0.39, 0.29) is 5.02 Å². The van der Waals surface area contributed by atoms with Crippen LogP contribution in [0.25, 0.3) is 6.08 Å². The maximum absolute atomic E-state index is 10.4. The molecular weight excluding hydrogens is 237 g/mol. The lowest BCUT2D eigenvalue weighted by Gasteiger charge is -2.01. The van der Waals surface area contributed by atoms with Crippen molar-refractivity contribution in [1.82, 2.24) is 0 Å². The van der Waals surface area contributed by atoms with Crippen molar-refractivity contribution in [2.45, 2.75) is 0 Å². The Balaban J connectivity index is 3.19. The minimum absolute atomic E-state index is 0.275. The van der Waals surface area contributed by atoms with Crippen LogP contribution in [0.1, 0.15) is 5.56 Å². The monoisotopic (exact) mass is 240 g/mol. The fourth-order valence-corrected chi connectivity index (χ4v) is 1.37. The van der Waals surface area contributed by atoms with Gasteiger partial charge in [0.05, 0.1) is 11.5 Å². The summed E-state index contributed by atoms with van der Waals surface area (Å²) in [5.74, 6) is -1.54. The second kappa shape index (κ2) is 4.83. The fraction of sp³-hybridized carbons (Fsp3) is 0. The Morgan fingerprint density at radius 2 is 2.13 bits per heavy atom. The summed E-state index contributed by atoms with van der Waals surface area (Å²) < 4.78 is 0. The van der Waals surface area contributed by atoms with Crippen molar-refractivity contribution >= 4 is 35.2 Å². The van der Waals surface area contributed by atoms with Crippen LogP contribution in [0.2, 0.25) is 10.0 Å². The lowest BCUT2D eigenvalue weighted by Crippen LogP contribution is -2.23. The van der Waals surface area contributed by atoms with Gasteiger partial charge in [0.2, 0.25) is 0 Å². The molecule has 3 nitrogen and oxygen atoms in total. The van der Waals surface area contributed by atoms with Crippen molar-refractivity contribution in [2.75, 3.05) is 0 Å². The minimum atomic E-state index is -1.54. The van der Waals surface area contributed by atoms with Gasteiger partial charge in [-0.1, -0.05) is 29.3 Å². The summed E-state index contributed by atoms with van der Waals surface area (Å²) >= 11 is 11.4. The van der Waals surface area contributed by atoms with Crippen LogP contribution in [0, 0.1) is 11.3 Å². The molecule has 76 valence electrons. The molecule has 0 unspecified atom stereocenters. The number of nitriles is 1. The SMILES string of the molecule is N#C/C(=C\c1ccc(Cl)cc1Cl)C(=O)[O-]. The molecular formula is C10H4Cl2NO2-. The Kier molecular flexibility index (Phi) is 3.73. The Morgan fingerprint density at radius 3 is 2.60 bits per heavy atom. The fourth-order valence-electron chi connectivity index (χ4n) is 0.911. The van der Waals surface area contributed by atoms with Crippen LogP contribution in [0.4, 0.5) is 0 Å². The van der Waals surface area contributed by atoms with E-state index in [0.29, 0.717) is 10.6 Å². The first kappa shape index (κ1) is 11.6. The van der Waals surface area contributed by atoms with Crippen LogP contribution in [0.15, 0.2) is 23.8 Å². The molecule has 0 atom stereocenters. The Labute approximate surface area is 96.2 Å². The van der Waals surface area contributed by atoms with Gasteiger partial charge >= 0.3 is 0 Å². The van der Waals surface area contributed by atoms with Gasteiger partial charge in [-0.15, -0.1) is 0 Å². The molecule has 15 heavy (non-hydrogen) atoms. The van der Waals surface area contributed by atoms with Gasteiger partial charge in [0, 0.05) is 10.0 Å². The molecule has 0 N–H and O–H groups in total. The molecule has 1 rings (SSSR count). The zero-order valence-electron chi connectivity index (χ0n) is 7.33. The van der Waals surface area contributed by atoms with Crippen LogP contribution in [0.5, 0.6) is 0 Å². The van der Waals surface area contributed by atoms with Crippen molar-refractivity contribution in [3.63, 3.8) is 0 Å². The van der Waals surface area contributed by atoms with Crippen LogP contribution >= 0.6 is 23.2 Å². The highest BCUT2D eigenvalue weighted by atomic mass is 35.5. The van der Waals surface area contributed by atoms with E-state index >= 15 is 0 Å². The summed E-state index contributed by atoms with van der Waals surface area (Å²) in [5.41, 5.74) is -0.0824. The molecule has 0 aliphatic carbocycles. The average molecular weight is 241 g/mol. The molecule has 0 amide bonds. The summed E-state index contributed by atoms with van der Waals surface area (Å²) in [6.45, 7) is 0. The van der Waals surface area contributed by atoms with E-state index in [4.69, 9.17) is 28.5 Å². The van der Waals surface area contributed by atoms with E-state index < -0.39 is 11.5 Å². The third-order valence-electron chi connectivity index (χ3n) is 1.60. The van der Waals surface area contributed by atoms with Crippen LogP contribution in [0.3, 0.4) is 0 Å². The molecule has 0 bridgehead atoms. The van der Waals surface area contributed by atoms with Gasteiger partial charge in [-0.2, -0.15) is 5.26 Å². The molecule has 0 heterocycles. The smallest absolute Gasteiger partial charge is 0.101 e. The number of aliphatic carboxylic acids is 1. The average Bonchev–Trinajstić information content (AvgIpc) is 2.16. The van der Waals surface area contributed by atoms with E-state index in [1.807, 2.05) is 0 Å². The van der Waals surface area contributed by atoms with E-state index in [2.05, 4.69) is 0 Å². The lowest BCUT2D eigenvalue weighted by atomic mass is 10.1. The zero-order chi connectivity index (χ0) is 11.4. The van der Waals surface area contributed by atoms with Gasteiger partial charge in [-0.3, -0.25) is 0 Å². The minimum Gasteiger partial charge on any atom is -0.544 e. The molecule has 1 aromatic rings. The van der Waals surface area contributed by atoms with E-state index in [1.54, 1.807) is 6.07 Å². The van der Waals surface area contributed by atoms with Crippen molar-refractivity contribution < 1.29 is 9.90 Å². The molecule has 0 saturated heterocycles. The summed E-state index contributed by atoms with van der Waals surface area (Å²) in [6, 6.07) is 6.02. The second-order valence-corrected chi connectivity index (χ2v) is 3.47. The number of carbonyl (C=O) groups excluding carboxylic acids is 1. The number of hydrogen-bond donors (Lipinski definition) is 0. The molecule has 0 fully saturated rings. The molecule has 5 heteroatoms. The molecule has 0 spiro atoms. The van der Waals surface area contributed by atoms with Crippen molar-refractivity contribution in [3.05, 3.63) is 39.4 Å². The van der Waals surface area contributed by atoms with Gasteiger partial charge in [0.25, 0.3) is 0 Å². The quantitative estimate of drug-likeness (QED) is 0.584. The molecule has 0 aliphatic heterocycles. The lowest BCUT2D eigenvalue weighted by molar-refractivity contribution is -0.298. The molecule has 0 saturated carbocycles. The second-order valence-electron chi connectivity index (χ2n) is 2.62. The number of halogens is 2. The molecule has 1 aromatic carbocycles. The summed E-state index contributed by atoms with van der Waals surface area (Å²) in [6.07, 6.45) is 1.13. The van der Waals surface area contributed by atoms with Crippen molar-refractivity contribution in [2.24, 2.45) is 0 Å². The van der Waals surface area contributed by atoms with Crippen LogP contribution in [-0.2, 0) is 4.79 Å². The topological polar surface area (TPSA) is 63.9 Å². The third-order valence-corrected chi connectivity index (χ3v) is 2.17. The first-order valence-electron chi connectivity index (χ1n) is 3.83. The predicted octanol–water partition coefficient (Wildman–Crippen LogP) is 1.65. The van der Waals surface area contributed by atoms with Gasteiger partial charge in [0.15, 0.2) is 0 Å². The Morgan fingerprint density at radius 1 is 1.47 bits per heavy atom. The first-order chi connectivity index (χ1) is 7.04. The van der Waals surface area contributed by atoms with Gasteiger partial charge < -0.3 is 9.90 Å². The highest BCUT2D eigenvalue weighted by Crippen LogP contribution is 2.22. The molecule has 0 radical (unpaired) electrons. The van der Waals surface area contributed by atoms with Gasteiger partial charge in [0.1, 0.15) is 6.07 Å². The standard InChI is InChI=1S/C10H5Cl2NO2/c11-8-2-1-6(9(12)4-8)3-7(5-13)10(14)15/h1-4H,(H,14,15)/p-1/b7-3+.